The molecule has 1 fully saturated rings. The number of benzene rings is 1. The van der Waals surface area contributed by atoms with E-state index in [-0.39, 0.29) is 5.60 Å². The molecule has 1 aliphatic carbocycles. The summed E-state index contributed by atoms with van der Waals surface area (Å²) in [4.78, 5) is 4.60. The summed E-state index contributed by atoms with van der Waals surface area (Å²) in [7, 11) is 1.71. The van der Waals surface area contributed by atoms with Crippen LogP contribution in [0.1, 0.15) is 50.5 Å². The highest BCUT2D eigenvalue weighted by Crippen LogP contribution is 2.37. The lowest BCUT2D eigenvalue weighted by Crippen LogP contribution is -2.40. The summed E-state index contributed by atoms with van der Waals surface area (Å²) in [6.07, 6.45) is 9.38. The maximum absolute atomic E-state index is 6.31. The molecule has 1 aliphatic heterocycles. The van der Waals surface area contributed by atoms with Gasteiger partial charge in [0.25, 0.3) is 0 Å². The van der Waals surface area contributed by atoms with Crippen molar-refractivity contribution in [3.8, 4) is 5.75 Å². The van der Waals surface area contributed by atoms with Crippen LogP contribution < -0.4 is 4.74 Å². The zero-order chi connectivity index (χ0) is 14.5. The molecule has 0 radical (unpaired) electrons. The van der Waals surface area contributed by atoms with Crippen molar-refractivity contribution in [2.24, 2.45) is 4.99 Å². The van der Waals surface area contributed by atoms with Gasteiger partial charge in [-0.05, 0) is 49.8 Å². The molecule has 0 N–H and O–H groups in total. The van der Waals surface area contributed by atoms with E-state index in [1.165, 1.54) is 37.7 Å². The van der Waals surface area contributed by atoms with Crippen LogP contribution in [0.15, 0.2) is 29.3 Å². The highest BCUT2D eigenvalue weighted by molar-refractivity contribution is 5.77. The molecule has 1 aromatic carbocycles. The quantitative estimate of drug-likeness (QED) is 0.833. The molecular weight excluding hydrogens is 262 g/mol. The zero-order valence-electron chi connectivity index (χ0n) is 12.9. The lowest BCUT2D eigenvalue weighted by molar-refractivity contribution is 0.000288. The molecule has 0 saturated heterocycles. The largest absolute Gasteiger partial charge is 0.497 e. The molecule has 3 nitrogen and oxygen atoms in total. The van der Waals surface area contributed by atoms with Gasteiger partial charge >= 0.3 is 0 Å². The van der Waals surface area contributed by atoms with Crippen LogP contribution in [0.2, 0.25) is 0 Å². The van der Waals surface area contributed by atoms with E-state index in [0.717, 1.165) is 37.5 Å². The molecule has 3 heteroatoms. The highest BCUT2D eigenvalue weighted by Gasteiger charge is 2.36. The van der Waals surface area contributed by atoms with Gasteiger partial charge in [-0.25, -0.2) is 0 Å². The SMILES string of the molecule is COc1cccc(CCC2=NCCC3(CCCCC3)O2)c1. The second-order valence-corrected chi connectivity index (χ2v) is 6.22. The van der Waals surface area contributed by atoms with E-state index in [1.54, 1.807) is 7.11 Å². The fourth-order valence-corrected chi connectivity index (χ4v) is 3.48. The van der Waals surface area contributed by atoms with Crippen molar-refractivity contribution in [3.63, 3.8) is 0 Å². The molecule has 1 saturated carbocycles. The zero-order valence-corrected chi connectivity index (χ0v) is 12.9. The predicted molar refractivity (Wildman–Crippen MR) is 85.1 cm³/mol. The summed E-state index contributed by atoms with van der Waals surface area (Å²) in [5.41, 5.74) is 1.40. The van der Waals surface area contributed by atoms with Gasteiger partial charge in [0.2, 0.25) is 0 Å². The summed E-state index contributed by atoms with van der Waals surface area (Å²) >= 11 is 0. The minimum atomic E-state index is 0.115. The summed E-state index contributed by atoms with van der Waals surface area (Å²) in [5.74, 6) is 1.88. The Morgan fingerprint density at radius 3 is 2.81 bits per heavy atom. The standard InChI is InChI=1S/C18H25NO2/c1-20-16-7-5-6-15(14-16)8-9-17-19-13-12-18(21-17)10-3-2-4-11-18/h5-7,14H,2-4,8-13H2,1H3. The number of hydrogen-bond acceptors (Lipinski definition) is 3. The van der Waals surface area contributed by atoms with Crippen molar-refractivity contribution in [2.45, 2.75) is 57.0 Å². The topological polar surface area (TPSA) is 30.8 Å². The number of rotatable bonds is 4. The van der Waals surface area contributed by atoms with Crippen LogP contribution in [0, 0.1) is 0 Å². The van der Waals surface area contributed by atoms with Gasteiger partial charge in [0, 0.05) is 19.4 Å². The van der Waals surface area contributed by atoms with E-state index >= 15 is 0 Å². The molecule has 0 amide bonds. The third kappa shape index (κ3) is 3.58. The molecule has 0 atom stereocenters. The van der Waals surface area contributed by atoms with Crippen molar-refractivity contribution in [3.05, 3.63) is 29.8 Å². The maximum atomic E-state index is 6.31. The van der Waals surface area contributed by atoms with Crippen LogP contribution in [0.5, 0.6) is 5.75 Å². The number of hydrogen-bond donors (Lipinski definition) is 0. The Hall–Kier alpha value is -1.51. The molecule has 0 bridgehead atoms. The maximum Gasteiger partial charge on any atom is 0.184 e. The molecule has 1 aromatic rings. The number of methoxy groups -OCH3 is 1. The Labute approximate surface area is 127 Å². The first-order valence-corrected chi connectivity index (χ1v) is 8.15. The Kier molecular flexibility index (Phi) is 4.47. The average Bonchev–Trinajstić information content (AvgIpc) is 2.54. The van der Waals surface area contributed by atoms with Crippen molar-refractivity contribution in [1.29, 1.82) is 0 Å². The number of nitrogens with zero attached hydrogens (tertiary/aromatic N) is 1. The number of ether oxygens (including phenoxy) is 2. The van der Waals surface area contributed by atoms with Gasteiger partial charge in [-0.2, -0.15) is 0 Å². The van der Waals surface area contributed by atoms with E-state index in [2.05, 4.69) is 17.1 Å². The van der Waals surface area contributed by atoms with E-state index in [0.29, 0.717) is 0 Å². The average molecular weight is 287 g/mol. The molecule has 2 aliphatic rings. The summed E-state index contributed by atoms with van der Waals surface area (Å²) in [6.45, 7) is 0.938. The van der Waals surface area contributed by atoms with Gasteiger partial charge in [0.15, 0.2) is 5.90 Å². The van der Waals surface area contributed by atoms with Crippen LogP contribution in [0.25, 0.3) is 0 Å². The van der Waals surface area contributed by atoms with E-state index in [4.69, 9.17) is 9.47 Å². The van der Waals surface area contributed by atoms with Crippen LogP contribution >= 0.6 is 0 Å². The Morgan fingerprint density at radius 2 is 2.00 bits per heavy atom. The molecule has 1 heterocycles. The molecule has 1 spiro atoms. The van der Waals surface area contributed by atoms with E-state index in [9.17, 15) is 0 Å². The van der Waals surface area contributed by atoms with Crippen molar-refractivity contribution >= 4 is 5.90 Å². The fourth-order valence-electron chi connectivity index (χ4n) is 3.48. The van der Waals surface area contributed by atoms with Crippen molar-refractivity contribution < 1.29 is 9.47 Å². The first kappa shape index (κ1) is 14.4. The van der Waals surface area contributed by atoms with Gasteiger partial charge in [-0.3, -0.25) is 4.99 Å². The van der Waals surface area contributed by atoms with Crippen LogP contribution in [-0.2, 0) is 11.2 Å². The predicted octanol–water partition coefficient (Wildman–Crippen LogP) is 4.15. The summed E-state index contributed by atoms with van der Waals surface area (Å²) in [5, 5.41) is 0. The van der Waals surface area contributed by atoms with Crippen LogP contribution in [0.4, 0.5) is 0 Å². The van der Waals surface area contributed by atoms with Crippen molar-refractivity contribution in [1.82, 2.24) is 0 Å². The minimum absolute atomic E-state index is 0.115. The molecule has 3 rings (SSSR count). The second-order valence-electron chi connectivity index (χ2n) is 6.22. The van der Waals surface area contributed by atoms with Gasteiger partial charge in [0.05, 0.1) is 7.11 Å². The first-order chi connectivity index (χ1) is 10.3. The van der Waals surface area contributed by atoms with Crippen LogP contribution in [-0.4, -0.2) is 25.2 Å². The van der Waals surface area contributed by atoms with E-state index < -0.39 is 0 Å². The van der Waals surface area contributed by atoms with Gasteiger partial charge in [-0.1, -0.05) is 18.6 Å². The smallest absolute Gasteiger partial charge is 0.184 e. The van der Waals surface area contributed by atoms with Crippen LogP contribution in [0.3, 0.4) is 0 Å². The molecule has 21 heavy (non-hydrogen) atoms. The number of aliphatic imine (C=N–C) groups is 1. The molecule has 114 valence electrons. The number of aryl methyl sites for hydroxylation is 1. The lowest BCUT2D eigenvalue weighted by atomic mass is 9.81. The first-order valence-electron chi connectivity index (χ1n) is 8.15. The molecular formula is C18H25NO2. The Balaban J connectivity index is 1.58. The van der Waals surface area contributed by atoms with Crippen molar-refractivity contribution in [2.75, 3.05) is 13.7 Å². The highest BCUT2D eigenvalue weighted by atomic mass is 16.5. The molecule has 0 unspecified atom stereocenters. The van der Waals surface area contributed by atoms with E-state index in [1.807, 2.05) is 12.1 Å². The van der Waals surface area contributed by atoms with Gasteiger partial charge in [0.1, 0.15) is 11.4 Å². The molecule has 0 aromatic heterocycles. The van der Waals surface area contributed by atoms with Gasteiger partial charge in [-0.15, -0.1) is 0 Å². The summed E-state index contributed by atoms with van der Waals surface area (Å²) < 4.78 is 11.6. The Morgan fingerprint density at radius 1 is 1.14 bits per heavy atom. The minimum Gasteiger partial charge on any atom is -0.497 e. The van der Waals surface area contributed by atoms with Gasteiger partial charge < -0.3 is 9.47 Å². The second kappa shape index (κ2) is 6.50. The third-order valence-electron chi connectivity index (χ3n) is 4.72. The monoisotopic (exact) mass is 287 g/mol. The fraction of sp³-hybridized carbons (Fsp3) is 0.611. The lowest BCUT2D eigenvalue weighted by Gasteiger charge is -2.40. The third-order valence-corrected chi connectivity index (χ3v) is 4.72. The Bertz CT molecular complexity index is 504. The summed E-state index contributed by atoms with van der Waals surface area (Å²) in [6, 6.07) is 8.26. The normalized spacial score (nSPS) is 20.7.